The van der Waals surface area contributed by atoms with Crippen LogP contribution in [0.1, 0.15) is 23.7 Å². The van der Waals surface area contributed by atoms with E-state index in [9.17, 15) is 5.11 Å². The topological polar surface area (TPSA) is 50.5 Å². The molecule has 1 N–H and O–H groups in total. The number of likely N-dealkylation sites (tertiary alicyclic amines) is 1. The van der Waals surface area contributed by atoms with Crippen molar-refractivity contribution in [3.05, 3.63) is 48.0 Å². The second kappa shape index (κ2) is 5.87. The number of aliphatic hydroxyl groups excluding tert-OH is 1. The van der Waals surface area contributed by atoms with Crippen LogP contribution in [-0.2, 0) is 13.6 Å². The Morgan fingerprint density at radius 2 is 2.29 bits per heavy atom. The summed E-state index contributed by atoms with van der Waals surface area (Å²) in [4.78, 5) is 6.46. The largest absolute Gasteiger partial charge is 0.497 e. The molecular formula is C16H21N3O2. The number of rotatable bonds is 4. The Morgan fingerprint density at radius 1 is 1.43 bits per heavy atom. The van der Waals surface area contributed by atoms with Gasteiger partial charge in [0.1, 0.15) is 5.75 Å². The summed E-state index contributed by atoms with van der Waals surface area (Å²) in [6.45, 7) is 1.47. The highest BCUT2D eigenvalue weighted by molar-refractivity contribution is 5.31. The minimum atomic E-state index is -0.283. The van der Waals surface area contributed by atoms with Crippen LogP contribution < -0.4 is 4.74 Å². The van der Waals surface area contributed by atoms with Crippen molar-refractivity contribution in [2.24, 2.45) is 7.05 Å². The molecule has 1 aliphatic heterocycles. The number of imidazole rings is 1. The van der Waals surface area contributed by atoms with E-state index in [1.165, 1.54) is 5.56 Å². The van der Waals surface area contributed by atoms with E-state index < -0.39 is 0 Å². The molecule has 2 atom stereocenters. The van der Waals surface area contributed by atoms with E-state index in [1.54, 1.807) is 7.11 Å². The van der Waals surface area contributed by atoms with Gasteiger partial charge in [-0.25, -0.2) is 4.98 Å². The van der Waals surface area contributed by atoms with E-state index in [-0.39, 0.29) is 12.1 Å². The Kier molecular flexibility index (Phi) is 3.94. The van der Waals surface area contributed by atoms with Gasteiger partial charge >= 0.3 is 0 Å². The van der Waals surface area contributed by atoms with Crippen molar-refractivity contribution in [1.82, 2.24) is 14.5 Å². The van der Waals surface area contributed by atoms with Crippen molar-refractivity contribution in [3.8, 4) is 5.75 Å². The standard InChI is InChI=1S/C16H21N3O2/c1-18-11-17-8-13(18)9-19-10-14(20)7-16(19)12-4-3-5-15(6-12)21-2/h3-6,8,11,14,16,20H,7,9-10H2,1-2H3/t14-,16-/m0/s1. The molecule has 112 valence electrons. The van der Waals surface area contributed by atoms with Crippen LogP contribution in [0, 0.1) is 0 Å². The van der Waals surface area contributed by atoms with Crippen molar-refractivity contribution >= 4 is 0 Å². The van der Waals surface area contributed by atoms with Gasteiger partial charge in [-0.3, -0.25) is 4.90 Å². The zero-order valence-electron chi connectivity index (χ0n) is 12.4. The van der Waals surface area contributed by atoms with Crippen LogP contribution in [0.25, 0.3) is 0 Å². The first-order chi connectivity index (χ1) is 10.2. The minimum Gasteiger partial charge on any atom is -0.497 e. The summed E-state index contributed by atoms with van der Waals surface area (Å²) in [5.74, 6) is 0.856. The Balaban J connectivity index is 1.83. The Bertz CT molecular complexity index is 611. The van der Waals surface area contributed by atoms with Gasteiger partial charge < -0.3 is 14.4 Å². The van der Waals surface area contributed by atoms with Gasteiger partial charge in [0, 0.05) is 32.4 Å². The first kappa shape index (κ1) is 14.1. The molecule has 5 nitrogen and oxygen atoms in total. The average molecular weight is 287 g/mol. The molecule has 1 saturated heterocycles. The number of β-amino-alcohol motifs (C(OH)–C–C–N with tert-alkyl or cyclic N) is 1. The number of aromatic nitrogens is 2. The van der Waals surface area contributed by atoms with Gasteiger partial charge in [0.05, 0.1) is 25.2 Å². The maximum absolute atomic E-state index is 10.1. The minimum absolute atomic E-state index is 0.213. The number of aliphatic hydroxyl groups is 1. The molecule has 1 aromatic carbocycles. The van der Waals surface area contributed by atoms with E-state index in [0.29, 0.717) is 6.54 Å². The van der Waals surface area contributed by atoms with Gasteiger partial charge in [0.2, 0.25) is 0 Å². The molecule has 0 bridgehead atoms. The lowest BCUT2D eigenvalue weighted by Crippen LogP contribution is -2.25. The third kappa shape index (κ3) is 2.94. The number of ether oxygens (including phenoxy) is 1. The zero-order chi connectivity index (χ0) is 14.8. The fourth-order valence-corrected chi connectivity index (χ4v) is 2.99. The molecule has 21 heavy (non-hydrogen) atoms. The predicted octanol–water partition coefficient (Wildman–Crippen LogP) is 1.74. The fourth-order valence-electron chi connectivity index (χ4n) is 2.99. The van der Waals surface area contributed by atoms with E-state index in [4.69, 9.17) is 4.74 Å². The predicted molar refractivity (Wildman–Crippen MR) is 80.0 cm³/mol. The van der Waals surface area contributed by atoms with Gasteiger partial charge in [0.15, 0.2) is 0 Å². The molecule has 1 fully saturated rings. The van der Waals surface area contributed by atoms with Crippen molar-refractivity contribution in [3.63, 3.8) is 0 Å². The first-order valence-electron chi connectivity index (χ1n) is 7.18. The summed E-state index contributed by atoms with van der Waals surface area (Å²) < 4.78 is 7.33. The highest BCUT2D eigenvalue weighted by Gasteiger charge is 2.32. The number of hydrogen-bond acceptors (Lipinski definition) is 4. The molecule has 5 heteroatoms. The lowest BCUT2D eigenvalue weighted by atomic mass is 10.0. The van der Waals surface area contributed by atoms with Crippen molar-refractivity contribution in [2.75, 3.05) is 13.7 Å². The van der Waals surface area contributed by atoms with E-state index in [0.717, 1.165) is 24.4 Å². The highest BCUT2D eigenvalue weighted by atomic mass is 16.5. The lowest BCUT2D eigenvalue weighted by Gasteiger charge is -2.24. The zero-order valence-corrected chi connectivity index (χ0v) is 12.4. The number of hydrogen-bond donors (Lipinski definition) is 1. The van der Waals surface area contributed by atoms with Crippen molar-refractivity contribution < 1.29 is 9.84 Å². The molecule has 0 radical (unpaired) electrons. The lowest BCUT2D eigenvalue weighted by molar-refractivity contribution is 0.171. The number of methoxy groups -OCH3 is 1. The normalized spacial score (nSPS) is 22.6. The molecule has 1 aliphatic rings. The molecular weight excluding hydrogens is 266 g/mol. The maximum Gasteiger partial charge on any atom is 0.119 e. The third-order valence-electron chi connectivity index (χ3n) is 4.14. The Labute approximate surface area is 124 Å². The Hall–Kier alpha value is -1.85. The molecule has 3 rings (SSSR count). The number of nitrogens with zero attached hydrogens (tertiary/aromatic N) is 3. The fraction of sp³-hybridized carbons (Fsp3) is 0.438. The summed E-state index contributed by atoms with van der Waals surface area (Å²) in [5, 5.41) is 10.1. The van der Waals surface area contributed by atoms with Crippen LogP contribution in [0.3, 0.4) is 0 Å². The van der Waals surface area contributed by atoms with E-state index in [2.05, 4.69) is 22.0 Å². The monoisotopic (exact) mass is 287 g/mol. The van der Waals surface area contributed by atoms with Crippen LogP contribution in [0.5, 0.6) is 5.75 Å². The SMILES string of the molecule is COc1cccc([C@@H]2C[C@H](O)CN2Cc2cncn2C)c1. The number of aryl methyl sites for hydroxylation is 1. The van der Waals surface area contributed by atoms with Gasteiger partial charge in [-0.05, 0) is 24.1 Å². The summed E-state index contributed by atoms with van der Waals surface area (Å²) in [6, 6.07) is 8.31. The van der Waals surface area contributed by atoms with Crippen LogP contribution in [0.4, 0.5) is 0 Å². The number of benzene rings is 1. The molecule has 0 unspecified atom stereocenters. The van der Waals surface area contributed by atoms with Crippen LogP contribution in [-0.4, -0.2) is 39.3 Å². The van der Waals surface area contributed by atoms with Gasteiger partial charge in [-0.1, -0.05) is 12.1 Å². The van der Waals surface area contributed by atoms with Crippen molar-refractivity contribution in [1.29, 1.82) is 0 Å². The van der Waals surface area contributed by atoms with Gasteiger partial charge in [-0.15, -0.1) is 0 Å². The molecule has 0 amide bonds. The smallest absolute Gasteiger partial charge is 0.119 e. The van der Waals surface area contributed by atoms with E-state index >= 15 is 0 Å². The Morgan fingerprint density at radius 3 is 3.00 bits per heavy atom. The molecule has 1 aromatic heterocycles. The first-order valence-corrected chi connectivity index (χ1v) is 7.18. The quantitative estimate of drug-likeness (QED) is 0.930. The summed E-state index contributed by atoms with van der Waals surface area (Å²) in [7, 11) is 3.67. The maximum atomic E-state index is 10.1. The van der Waals surface area contributed by atoms with Gasteiger partial charge in [0.25, 0.3) is 0 Å². The second-order valence-electron chi connectivity index (χ2n) is 5.61. The molecule has 0 spiro atoms. The van der Waals surface area contributed by atoms with Crippen molar-refractivity contribution in [2.45, 2.75) is 25.1 Å². The highest BCUT2D eigenvalue weighted by Crippen LogP contribution is 2.34. The van der Waals surface area contributed by atoms with Gasteiger partial charge in [-0.2, -0.15) is 0 Å². The van der Waals surface area contributed by atoms with Crippen LogP contribution in [0.15, 0.2) is 36.8 Å². The summed E-state index contributed by atoms with van der Waals surface area (Å²) in [6.07, 6.45) is 4.16. The average Bonchev–Trinajstić information content (AvgIpc) is 3.06. The summed E-state index contributed by atoms with van der Waals surface area (Å²) >= 11 is 0. The molecule has 2 aromatic rings. The summed E-state index contributed by atoms with van der Waals surface area (Å²) in [5.41, 5.74) is 2.34. The van der Waals surface area contributed by atoms with Crippen LogP contribution in [0.2, 0.25) is 0 Å². The molecule has 0 aliphatic carbocycles. The van der Waals surface area contributed by atoms with Crippen LogP contribution >= 0.6 is 0 Å². The molecule has 2 heterocycles. The van der Waals surface area contributed by atoms with E-state index in [1.807, 2.05) is 36.3 Å². The third-order valence-corrected chi connectivity index (χ3v) is 4.14. The second-order valence-corrected chi connectivity index (χ2v) is 5.61. The molecule has 0 saturated carbocycles.